The van der Waals surface area contributed by atoms with E-state index in [1.54, 1.807) is 4.68 Å². The van der Waals surface area contributed by atoms with Gasteiger partial charge in [0.2, 0.25) is 0 Å². The van der Waals surface area contributed by atoms with Gasteiger partial charge in [-0.1, -0.05) is 0 Å². The van der Waals surface area contributed by atoms with Crippen molar-refractivity contribution >= 4 is 21.9 Å². The van der Waals surface area contributed by atoms with Crippen LogP contribution in [0, 0.1) is 0 Å². The molecule has 0 aliphatic heterocycles. The molecule has 0 atom stereocenters. The van der Waals surface area contributed by atoms with Crippen molar-refractivity contribution in [3.8, 4) is 0 Å². The third-order valence-electron chi connectivity index (χ3n) is 1.25. The maximum Gasteiger partial charge on any atom is 0.356 e. The number of aryl methyl sites for hydroxylation is 1. The summed E-state index contributed by atoms with van der Waals surface area (Å²) in [6.45, 7) is 2.55. The van der Waals surface area contributed by atoms with Crippen LogP contribution in [0.4, 0.5) is 0 Å². The first-order valence-corrected chi connectivity index (χ1v) is 3.91. The number of carboxylic acids is 1. The fourth-order valence-electron chi connectivity index (χ4n) is 0.720. The minimum Gasteiger partial charge on any atom is -0.476 e. The molecular formula is C6H7BrN2O2. The zero-order valence-electron chi connectivity index (χ0n) is 5.91. The lowest BCUT2D eigenvalue weighted by atomic mass is 10.5. The van der Waals surface area contributed by atoms with Gasteiger partial charge in [-0.15, -0.1) is 0 Å². The second-order valence-electron chi connectivity index (χ2n) is 1.97. The van der Waals surface area contributed by atoms with Crippen molar-refractivity contribution < 1.29 is 9.90 Å². The van der Waals surface area contributed by atoms with E-state index in [-0.39, 0.29) is 5.69 Å². The molecular weight excluding hydrogens is 212 g/mol. The van der Waals surface area contributed by atoms with E-state index in [0.717, 1.165) is 0 Å². The zero-order chi connectivity index (χ0) is 8.43. The Bertz CT molecular complexity index is 282. The molecule has 1 aromatic rings. The Labute approximate surface area is 72.0 Å². The fraction of sp³-hybridized carbons (Fsp3) is 0.333. The maximum absolute atomic E-state index is 10.4. The summed E-state index contributed by atoms with van der Waals surface area (Å²) in [5.41, 5.74) is 0.0683. The third kappa shape index (κ3) is 1.59. The lowest BCUT2D eigenvalue weighted by Gasteiger charge is -1.93. The molecule has 11 heavy (non-hydrogen) atoms. The third-order valence-corrected chi connectivity index (χ3v) is 1.89. The molecule has 4 nitrogen and oxygen atoms in total. The second kappa shape index (κ2) is 3.04. The molecule has 1 heterocycles. The molecule has 0 spiro atoms. The van der Waals surface area contributed by atoms with Gasteiger partial charge in [0.25, 0.3) is 0 Å². The number of rotatable bonds is 2. The van der Waals surface area contributed by atoms with Gasteiger partial charge in [0.1, 0.15) is 4.60 Å². The number of halogens is 1. The quantitative estimate of drug-likeness (QED) is 0.816. The molecule has 0 radical (unpaired) electrons. The summed E-state index contributed by atoms with van der Waals surface area (Å²) < 4.78 is 2.26. The van der Waals surface area contributed by atoms with E-state index in [1.807, 2.05) is 6.92 Å². The Morgan fingerprint density at radius 3 is 2.82 bits per heavy atom. The highest BCUT2D eigenvalue weighted by molar-refractivity contribution is 9.10. The molecule has 5 heteroatoms. The average molecular weight is 219 g/mol. The van der Waals surface area contributed by atoms with Crippen LogP contribution in [-0.2, 0) is 6.54 Å². The monoisotopic (exact) mass is 218 g/mol. The highest BCUT2D eigenvalue weighted by Gasteiger charge is 2.09. The molecule has 0 saturated carbocycles. The lowest BCUT2D eigenvalue weighted by molar-refractivity contribution is 0.0689. The first-order chi connectivity index (χ1) is 5.15. The van der Waals surface area contributed by atoms with Crippen LogP contribution < -0.4 is 0 Å². The zero-order valence-corrected chi connectivity index (χ0v) is 7.50. The van der Waals surface area contributed by atoms with Crippen molar-refractivity contribution in [1.29, 1.82) is 0 Å². The summed E-state index contributed by atoms with van der Waals surface area (Å²) >= 11 is 3.18. The molecule has 0 fully saturated rings. The molecule has 0 aliphatic carbocycles. The summed E-state index contributed by atoms with van der Waals surface area (Å²) in [6, 6.07) is 1.48. The van der Waals surface area contributed by atoms with E-state index in [0.29, 0.717) is 11.1 Å². The topological polar surface area (TPSA) is 55.1 Å². The highest BCUT2D eigenvalue weighted by atomic mass is 79.9. The normalized spacial score (nSPS) is 10.0. The van der Waals surface area contributed by atoms with Crippen molar-refractivity contribution in [3.05, 3.63) is 16.4 Å². The number of carboxylic acid groups (broad SMARTS) is 1. The smallest absolute Gasteiger partial charge is 0.356 e. The summed E-state index contributed by atoms with van der Waals surface area (Å²) in [4.78, 5) is 10.4. The molecule has 1 rings (SSSR count). The van der Waals surface area contributed by atoms with Crippen LogP contribution in [0.2, 0.25) is 0 Å². The van der Waals surface area contributed by atoms with E-state index in [1.165, 1.54) is 6.07 Å². The molecule has 0 amide bonds. The standard InChI is InChI=1S/C6H7BrN2O2/c1-2-9-5(7)3-4(8-9)6(10)11/h3H,2H2,1H3,(H,10,11). The van der Waals surface area contributed by atoms with Gasteiger partial charge < -0.3 is 5.11 Å². The van der Waals surface area contributed by atoms with E-state index in [9.17, 15) is 4.79 Å². The Hall–Kier alpha value is -0.840. The van der Waals surface area contributed by atoms with Gasteiger partial charge in [-0.05, 0) is 22.9 Å². The van der Waals surface area contributed by atoms with Crippen LogP contribution in [0.3, 0.4) is 0 Å². The molecule has 0 bridgehead atoms. The summed E-state index contributed by atoms with van der Waals surface area (Å²) in [6.07, 6.45) is 0. The van der Waals surface area contributed by atoms with Crippen molar-refractivity contribution in [2.45, 2.75) is 13.5 Å². The van der Waals surface area contributed by atoms with Crippen molar-refractivity contribution in [3.63, 3.8) is 0 Å². The van der Waals surface area contributed by atoms with Crippen LogP contribution in [-0.4, -0.2) is 20.9 Å². The number of nitrogens with zero attached hydrogens (tertiary/aromatic N) is 2. The predicted molar refractivity (Wildman–Crippen MR) is 42.6 cm³/mol. The van der Waals surface area contributed by atoms with Crippen LogP contribution in [0.5, 0.6) is 0 Å². The average Bonchev–Trinajstić information content (AvgIpc) is 2.31. The Balaban J connectivity index is 3.05. The summed E-state index contributed by atoms with van der Waals surface area (Å²) in [5, 5.41) is 12.3. The van der Waals surface area contributed by atoms with Gasteiger partial charge in [0, 0.05) is 12.6 Å². The van der Waals surface area contributed by atoms with E-state index in [4.69, 9.17) is 5.11 Å². The van der Waals surface area contributed by atoms with E-state index >= 15 is 0 Å². The van der Waals surface area contributed by atoms with E-state index in [2.05, 4.69) is 21.0 Å². The van der Waals surface area contributed by atoms with E-state index < -0.39 is 5.97 Å². The first-order valence-electron chi connectivity index (χ1n) is 3.11. The number of aromatic nitrogens is 2. The number of hydrogen-bond donors (Lipinski definition) is 1. The predicted octanol–water partition coefficient (Wildman–Crippen LogP) is 1.36. The Morgan fingerprint density at radius 1 is 1.91 bits per heavy atom. The van der Waals surface area contributed by atoms with Crippen molar-refractivity contribution in [1.82, 2.24) is 9.78 Å². The van der Waals surface area contributed by atoms with Crippen LogP contribution in [0.15, 0.2) is 10.7 Å². The minimum absolute atomic E-state index is 0.0683. The van der Waals surface area contributed by atoms with Crippen molar-refractivity contribution in [2.24, 2.45) is 0 Å². The molecule has 1 N–H and O–H groups in total. The highest BCUT2D eigenvalue weighted by Crippen LogP contribution is 2.11. The lowest BCUT2D eigenvalue weighted by Crippen LogP contribution is -2.01. The number of carbonyl (C=O) groups is 1. The van der Waals surface area contributed by atoms with Crippen LogP contribution in [0.25, 0.3) is 0 Å². The molecule has 0 aliphatic rings. The van der Waals surface area contributed by atoms with Gasteiger partial charge in [0.05, 0.1) is 0 Å². The molecule has 60 valence electrons. The molecule has 0 saturated heterocycles. The molecule has 0 unspecified atom stereocenters. The van der Waals surface area contributed by atoms with Gasteiger partial charge in [-0.25, -0.2) is 4.79 Å². The summed E-state index contributed by atoms with van der Waals surface area (Å²) in [7, 11) is 0. The first kappa shape index (κ1) is 8.26. The molecule has 0 aromatic carbocycles. The van der Waals surface area contributed by atoms with Crippen LogP contribution >= 0.6 is 15.9 Å². The van der Waals surface area contributed by atoms with Crippen LogP contribution in [0.1, 0.15) is 17.4 Å². The van der Waals surface area contributed by atoms with Gasteiger partial charge in [-0.3, -0.25) is 4.68 Å². The minimum atomic E-state index is -1.00. The summed E-state index contributed by atoms with van der Waals surface area (Å²) in [5.74, 6) is -1.00. The van der Waals surface area contributed by atoms with Gasteiger partial charge in [-0.2, -0.15) is 5.10 Å². The Kier molecular flexibility index (Phi) is 2.28. The number of aromatic carboxylic acids is 1. The Morgan fingerprint density at radius 2 is 2.55 bits per heavy atom. The molecule has 1 aromatic heterocycles. The number of hydrogen-bond acceptors (Lipinski definition) is 2. The van der Waals surface area contributed by atoms with Gasteiger partial charge in [0.15, 0.2) is 5.69 Å². The maximum atomic E-state index is 10.4. The SMILES string of the molecule is CCn1nc(C(=O)O)cc1Br. The van der Waals surface area contributed by atoms with Gasteiger partial charge >= 0.3 is 5.97 Å². The largest absolute Gasteiger partial charge is 0.476 e. The second-order valence-corrected chi connectivity index (χ2v) is 2.79. The van der Waals surface area contributed by atoms with Crippen molar-refractivity contribution in [2.75, 3.05) is 0 Å². The fourth-order valence-corrected chi connectivity index (χ4v) is 1.27.